The van der Waals surface area contributed by atoms with Crippen LogP contribution in [0, 0.1) is 0 Å². The Morgan fingerprint density at radius 1 is 0.980 bits per heavy atom. The van der Waals surface area contributed by atoms with Crippen LogP contribution in [0.1, 0.15) is 38.6 Å². The number of hydrogen-bond donors (Lipinski definition) is 0. The molecule has 0 spiro atoms. The molecule has 0 radical (unpaired) electrons. The van der Waals surface area contributed by atoms with Crippen molar-refractivity contribution in [3.63, 3.8) is 0 Å². The minimum absolute atomic E-state index is 0.241. The predicted octanol–water partition coefficient (Wildman–Crippen LogP) is 5.58. The second kappa shape index (κ2) is 14.2. The molecule has 12 nitrogen and oxygen atoms in total. The van der Waals surface area contributed by atoms with Gasteiger partial charge < -0.3 is 24.0 Å². The molecule has 49 heavy (non-hydrogen) atoms. The first-order chi connectivity index (χ1) is 25.7. The third kappa shape index (κ3) is 7.04. The maximum atomic E-state index is 13.1. The molecule has 7 rings (SSSR count). The minimum Gasteiger partial charge on any atom is -0.491 e. The molecule has 0 bridgehead atoms. The van der Waals surface area contributed by atoms with Gasteiger partial charge in [-0.15, -0.1) is 0 Å². The van der Waals surface area contributed by atoms with Crippen LogP contribution in [0.4, 0.5) is 11.4 Å². The fourth-order valence-corrected chi connectivity index (χ4v) is 6.64. The van der Waals surface area contributed by atoms with Crippen molar-refractivity contribution < 1.29 is 21.1 Å². The van der Waals surface area contributed by atoms with Gasteiger partial charge in [0.1, 0.15) is 44.0 Å². The maximum absolute atomic E-state index is 13.1. The van der Waals surface area contributed by atoms with Gasteiger partial charge in [0.25, 0.3) is 0 Å². The molecule has 2 fully saturated rings. The summed E-state index contributed by atoms with van der Waals surface area (Å²) >= 11 is 12.7. The van der Waals surface area contributed by atoms with Gasteiger partial charge in [-0.1, -0.05) is 36.1 Å². The summed E-state index contributed by atoms with van der Waals surface area (Å²) in [5, 5.41) is 9.17. The minimum atomic E-state index is -2.91. The van der Waals surface area contributed by atoms with Crippen molar-refractivity contribution in [2.75, 3.05) is 49.2 Å². The molecule has 3 aromatic carbocycles. The van der Waals surface area contributed by atoms with Crippen LogP contribution >= 0.6 is 23.2 Å². The highest BCUT2D eigenvalue weighted by Gasteiger charge is 2.45. The molecule has 1 unspecified atom stereocenters. The Balaban J connectivity index is 0.923. The van der Waals surface area contributed by atoms with Gasteiger partial charge in [-0.05, 0) is 74.0 Å². The number of hydrogen-bond acceptors (Lipinski definition) is 9. The van der Waals surface area contributed by atoms with Crippen LogP contribution in [-0.2, 0) is 21.8 Å². The molecule has 2 saturated heterocycles. The lowest BCUT2D eigenvalue weighted by Gasteiger charge is -2.37. The number of piperazine rings is 1. The predicted molar refractivity (Wildman–Crippen MR) is 188 cm³/mol. The van der Waals surface area contributed by atoms with E-state index < -0.39 is 30.7 Å². The highest BCUT2D eigenvalue weighted by molar-refractivity contribution is 6.35. The monoisotopic (exact) mass is 709 g/mol. The highest BCUT2D eigenvalue weighted by atomic mass is 35.5. The molecular weight excluding hydrogens is 667 g/mol. The normalized spacial score (nSPS) is 22.2. The Bertz CT molecular complexity index is 2110. The zero-order valence-electron chi connectivity index (χ0n) is 31.7. The third-order valence-corrected chi connectivity index (χ3v) is 9.27. The number of rotatable bonds is 11. The van der Waals surface area contributed by atoms with E-state index >= 15 is 0 Å². The summed E-state index contributed by atoms with van der Waals surface area (Å²) in [5.41, 5.74) is 2.64. The summed E-state index contributed by atoms with van der Waals surface area (Å²) in [6.07, 6.45) is 1.31. The van der Waals surface area contributed by atoms with Gasteiger partial charge in [0.15, 0.2) is 0 Å². The second-order valence-corrected chi connectivity index (χ2v) is 12.7. The van der Waals surface area contributed by atoms with Gasteiger partial charge in [-0.25, -0.2) is 23.7 Å². The fourth-order valence-electron chi connectivity index (χ4n) is 6.09. The van der Waals surface area contributed by atoms with E-state index in [0.29, 0.717) is 27.0 Å². The van der Waals surface area contributed by atoms with Gasteiger partial charge >= 0.3 is 5.69 Å². The molecule has 5 aromatic rings. The standard InChI is InChI=1S/C35H38Cl2N8O4/c1-3-25(2)45-34(46)44(24-40-45)29-7-5-27(6-8-29)41-14-16-42(17-15-41)28-9-11-30(12-10-28)47-19-31-20-48-35(49-31,21-43-23-38-22-39-43)32-13-4-26(36)18-33(32)37/h4-13,18,22-25,31H,3,14-17,19-21H2,1-2H3/t25?,31-,35-/m1/s1/i1D3,3D2. The van der Waals surface area contributed by atoms with Crippen molar-refractivity contribution in [1.82, 2.24) is 29.1 Å². The van der Waals surface area contributed by atoms with Gasteiger partial charge in [0.05, 0.1) is 23.4 Å². The van der Waals surface area contributed by atoms with Crippen LogP contribution in [0.3, 0.4) is 0 Å². The van der Waals surface area contributed by atoms with Gasteiger partial charge in [0.2, 0.25) is 5.79 Å². The van der Waals surface area contributed by atoms with E-state index in [1.807, 2.05) is 36.4 Å². The molecule has 256 valence electrons. The van der Waals surface area contributed by atoms with Crippen LogP contribution in [0.15, 0.2) is 90.5 Å². The Hall–Kier alpha value is -4.36. The van der Waals surface area contributed by atoms with E-state index in [1.54, 1.807) is 41.3 Å². The van der Waals surface area contributed by atoms with Gasteiger partial charge in [-0.2, -0.15) is 10.2 Å². The molecular formula is C35H38Cl2N8O4. The number of ether oxygens (including phenoxy) is 3. The van der Waals surface area contributed by atoms with E-state index in [4.69, 9.17) is 44.3 Å². The van der Waals surface area contributed by atoms with E-state index in [2.05, 4.69) is 25.0 Å². The Morgan fingerprint density at radius 2 is 1.67 bits per heavy atom. The lowest BCUT2D eigenvalue weighted by molar-refractivity contribution is -0.190. The van der Waals surface area contributed by atoms with Crippen molar-refractivity contribution in [2.45, 2.75) is 44.6 Å². The molecule has 0 aliphatic carbocycles. The first kappa shape index (κ1) is 27.5. The van der Waals surface area contributed by atoms with Crippen molar-refractivity contribution in [3.8, 4) is 11.4 Å². The number of aromatic nitrogens is 6. The average molecular weight is 711 g/mol. The summed E-state index contributed by atoms with van der Waals surface area (Å²) in [5.74, 6) is -0.487. The SMILES string of the molecule is [2H]C([2H])([2H])C([2H])([2H])C(C)n1ncn(-c2ccc(N3CCN(c4ccc(OC[C@@H]5CO[C@@](Cn6cncn6)(c6ccc(Cl)cc6Cl)O5)cc4)CC3)cc2)c1=O. The van der Waals surface area contributed by atoms with E-state index in [1.165, 1.54) is 24.1 Å². The Kier molecular flexibility index (Phi) is 7.98. The van der Waals surface area contributed by atoms with Crippen LogP contribution in [0.2, 0.25) is 10.0 Å². The zero-order valence-corrected chi connectivity index (χ0v) is 28.2. The molecule has 0 amide bonds. The molecule has 2 aromatic heterocycles. The fraction of sp³-hybridized carbons (Fsp3) is 0.371. The first-order valence-electron chi connectivity index (χ1n) is 18.3. The highest BCUT2D eigenvalue weighted by Crippen LogP contribution is 2.40. The summed E-state index contributed by atoms with van der Waals surface area (Å²) in [6.45, 7) is 2.38. The smallest absolute Gasteiger partial charge is 0.350 e. The molecule has 2 aliphatic rings. The zero-order chi connectivity index (χ0) is 38.3. The van der Waals surface area contributed by atoms with Gasteiger partial charge in [0, 0.05) is 55.0 Å². The van der Waals surface area contributed by atoms with E-state index in [0.717, 1.165) is 42.2 Å². The van der Waals surface area contributed by atoms with Crippen molar-refractivity contribution >= 4 is 34.6 Å². The molecule has 3 atom stereocenters. The number of nitrogens with zero attached hydrogens (tertiary/aromatic N) is 8. The van der Waals surface area contributed by atoms with Crippen molar-refractivity contribution in [2.24, 2.45) is 0 Å². The molecule has 0 saturated carbocycles. The van der Waals surface area contributed by atoms with Crippen LogP contribution in [0.5, 0.6) is 5.75 Å². The topological polar surface area (TPSA) is 105 Å². The number of halogens is 2. The Labute approximate surface area is 301 Å². The lowest BCUT2D eigenvalue weighted by atomic mass is 10.1. The average Bonchev–Trinajstić information content (AvgIpc) is 3.91. The molecule has 2 aliphatic heterocycles. The summed E-state index contributed by atoms with van der Waals surface area (Å²) < 4.78 is 61.3. The van der Waals surface area contributed by atoms with Gasteiger partial charge in [-0.3, -0.25) is 0 Å². The molecule has 14 heteroatoms. The Morgan fingerprint density at radius 3 is 2.33 bits per heavy atom. The molecule has 4 heterocycles. The summed E-state index contributed by atoms with van der Waals surface area (Å²) in [6, 6.07) is 19.3. The third-order valence-electron chi connectivity index (χ3n) is 8.72. The maximum Gasteiger partial charge on any atom is 0.350 e. The number of anilines is 2. The van der Waals surface area contributed by atoms with Crippen molar-refractivity contribution in [3.05, 3.63) is 112 Å². The van der Waals surface area contributed by atoms with E-state index in [-0.39, 0.29) is 25.9 Å². The second-order valence-electron chi connectivity index (χ2n) is 11.9. The van der Waals surface area contributed by atoms with Crippen LogP contribution < -0.4 is 20.2 Å². The van der Waals surface area contributed by atoms with Crippen LogP contribution in [0.25, 0.3) is 5.69 Å². The summed E-state index contributed by atoms with van der Waals surface area (Å²) in [7, 11) is 0. The lowest BCUT2D eigenvalue weighted by Crippen LogP contribution is -2.46. The van der Waals surface area contributed by atoms with E-state index in [9.17, 15) is 4.79 Å². The van der Waals surface area contributed by atoms with Crippen LogP contribution in [-0.4, -0.2) is 74.6 Å². The quantitative estimate of drug-likeness (QED) is 0.174. The number of benzene rings is 3. The largest absolute Gasteiger partial charge is 0.491 e. The van der Waals surface area contributed by atoms with Crippen molar-refractivity contribution in [1.29, 1.82) is 0 Å². The summed E-state index contributed by atoms with van der Waals surface area (Å²) in [4.78, 5) is 21.7. The first-order valence-corrected chi connectivity index (χ1v) is 16.6. The molecule has 0 N–H and O–H groups in total.